The van der Waals surface area contributed by atoms with Crippen molar-refractivity contribution in [3.63, 3.8) is 0 Å². The molecule has 108 valence electrons. The van der Waals surface area contributed by atoms with Crippen LogP contribution in [0, 0.1) is 0 Å². The number of carbonyl (C=O) groups is 1. The molecule has 1 aliphatic carbocycles. The van der Waals surface area contributed by atoms with Gasteiger partial charge in [-0.2, -0.15) is 0 Å². The lowest BCUT2D eigenvalue weighted by Gasteiger charge is -2.09. The SMILES string of the molecule is NC1(CCc2ccc(C(=O)Nc3ccncc3)cc2)CC1. The topological polar surface area (TPSA) is 68.0 Å². The molecule has 1 amide bonds. The van der Waals surface area contributed by atoms with Crippen LogP contribution in [0.4, 0.5) is 5.69 Å². The number of nitrogens with two attached hydrogens (primary N) is 1. The molecule has 0 unspecified atom stereocenters. The van der Waals surface area contributed by atoms with E-state index in [1.807, 2.05) is 24.3 Å². The van der Waals surface area contributed by atoms with E-state index in [-0.39, 0.29) is 11.4 Å². The van der Waals surface area contributed by atoms with Gasteiger partial charge in [0.2, 0.25) is 0 Å². The van der Waals surface area contributed by atoms with Crippen molar-refractivity contribution in [2.24, 2.45) is 5.73 Å². The van der Waals surface area contributed by atoms with Crippen LogP contribution in [0.25, 0.3) is 0 Å². The number of amides is 1. The minimum absolute atomic E-state index is 0.0807. The number of carbonyl (C=O) groups excluding carboxylic acids is 1. The molecule has 0 saturated heterocycles. The van der Waals surface area contributed by atoms with Crippen LogP contribution >= 0.6 is 0 Å². The van der Waals surface area contributed by atoms with Gasteiger partial charge in [-0.05, 0) is 55.5 Å². The standard InChI is InChI=1S/C17H19N3O/c18-17(9-10-17)8-5-13-1-3-14(4-2-13)16(21)20-15-6-11-19-12-7-15/h1-4,6-7,11-12H,5,8-10,18H2,(H,19,20,21). The third kappa shape index (κ3) is 3.67. The van der Waals surface area contributed by atoms with Crippen molar-refractivity contribution in [2.75, 3.05) is 5.32 Å². The monoisotopic (exact) mass is 281 g/mol. The van der Waals surface area contributed by atoms with E-state index < -0.39 is 0 Å². The van der Waals surface area contributed by atoms with Crippen LogP contribution in [0.2, 0.25) is 0 Å². The summed E-state index contributed by atoms with van der Waals surface area (Å²) in [6.45, 7) is 0. The van der Waals surface area contributed by atoms with Crippen LogP contribution in [-0.2, 0) is 6.42 Å². The highest BCUT2D eigenvalue weighted by Crippen LogP contribution is 2.36. The molecule has 1 aromatic carbocycles. The summed E-state index contributed by atoms with van der Waals surface area (Å²) in [4.78, 5) is 16.0. The van der Waals surface area contributed by atoms with E-state index in [1.165, 1.54) is 5.56 Å². The summed E-state index contributed by atoms with van der Waals surface area (Å²) < 4.78 is 0. The number of aromatic nitrogens is 1. The number of pyridine rings is 1. The lowest BCUT2D eigenvalue weighted by atomic mass is 10.0. The highest BCUT2D eigenvalue weighted by atomic mass is 16.1. The van der Waals surface area contributed by atoms with E-state index in [0.717, 1.165) is 31.4 Å². The summed E-state index contributed by atoms with van der Waals surface area (Å²) >= 11 is 0. The average molecular weight is 281 g/mol. The zero-order valence-electron chi connectivity index (χ0n) is 11.9. The third-order valence-electron chi connectivity index (χ3n) is 3.96. The Morgan fingerprint density at radius 2 is 1.81 bits per heavy atom. The Balaban J connectivity index is 1.59. The maximum atomic E-state index is 12.1. The molecule has 1 heterocycles. The van der Waals surface area contributed by atoms with Crippen molar-refractivity contribution < 1.29 is 4.79 Å². The summed E-state index contributed by atoms with van der Waals surface area (Å²) in [5.41, 5.74) is 8.80. The van der Waals surface area contributed by atoms with Gasteiger partial charge in [-0.1, -0.05) is 12.1 Å². The van der Waals surface area contributed by atoms with Crippen LogP contribution in [0.1, 0.15) is 35.2 Å². The molecule has 4 heteroatoms. The van der Waals surface area contributed by atoms with Crippen LogP contribution in [-0.4, -0.2) is 16.4 Å². The molecule has 3 rings (SSSR count). The molecule has 4 nitrogen and oxygen atoms in total. The summed E-state index contributed by atoms with van der Waals surface area (Å²) in [5.74, 6) is -0.106. The van der Waals surface area contributed by atoms with Crippen LogP contribution in [0.5, 0.6) is 0 Å². The van der Waals surface area contributed by atoms with E-state index in [1.54, 1.807) is 24.5 Å². The Kier molecular flexibility index (Phi) is 3.71. The zero-order chi connectivity index (χ0) is 14.7. The van der Waals surface area contributed by atoms with Gasteiger partial charge in [0, 0.05) is 29.2 Å². The Bertz CT molecular complexity index is 618. The smallest absolute Gasteiger partial charge is 0.255 e. The van der Waals surface area contributed by atoms with Gasteiger partial charge in [-0.25, -0.2) is 0 Å². The van der Waals surface area contributed by atoms with Gasteiger partial charge in [0.25, 0.3) is 5.91 Å². The summed E-state index contributed by atoms with van der Waals surface area (Å²) in [6, 6.07) is 11.3. The second-order valence-electron chi connectivity index (χ2n) is 5.75. The lowest BCUT2D eigenvalue weighted by molar-refractivity contribution is 0.102. The number of nitrogens with zero attached hydrogens (tertiary/aromatic N) is 1. The van der Waals surface area contributed by atoms with Crippen LogP contribution in [0.3, 0.4) is 0 Å². The first-order valence-electron chi connectivity index (χ1n) is 7.24. The van der Waals surface area contributed by atoms with Gasteiger partial charge in [0.15, 0.2) is 0 Å². The van der Waals surface area contributed by atoms with Crippen LogP contribution < -0.4 is 11.1 Å². The predicted molar refractivity (Wildman–Crippen MR) is 83.1 cm³/mol. The first-order valence-corrected chi connectivity index (χ1v) is 7.24. The minimum Gasteiger partial charge on any atom is -0.325 e. The second kappa shape index (κ2) is 5.66. The van der Waals surface area contributed by atoms with E-state index in [9.17, 15) is 4.79 Å². The van der Waals surface area contributed by atoms with E-state index in [2.05, 4.69) is 10.3 Å². The largest absolute Gasteiger partial charge is 0.325 e. The van der Waals surface area contributed by atoms with Crippen molar-refractivity contribution in [2.45, 2.75) is 31.2 Å². The molecule has 1 aromatic heterocycles. The number of rotatable bonds is 5. The molecule has 0 spiro atoms. The molecule has 2 aromatic rings. The number of anilines is 1. The van der Waals surface area contributed by atoms with Crippen molar-refractivity contribution >= 4 is 11.6 Å². The third-order valence-corrected chi connectivity index (χ3v) is 3.96. The fourth-order valence-electron chi connectivity index (χ4n) is 2.27. The maximum absolute atomic E-state index is 12.1. The Labute approximate surface area is 124 Å². The van der Waals surface area contributed by atoms with Gasteiger partial charge >= 0.3 is 0 Å². The number of hydrogen-bond acceptors (Lipinski definition) is 3. The molecule has 0 radical (unpaired) electrons. The van der Waals surface area contributed by atoms with Crippen molar-refractivity contribution in [1.29, 1.82) is 0 Å². The first-order chi connectivity index (χ1) is 10.1. The number of aryl methyl sites for hydroxylation is 1. The molecular weight excluding hydrogens is 262 g/mol. The molecule has 0 atom stereocenters. The van der Waals surface area contributed by atoms with E-state index >= 15 is 0 Å². The zero-order valence-corrected chi connectivity index (χ0v) is 11.9. The highest BCUT2D eigenvalue weighted by molar-refractivity contribution is 6.04. The highest BCUT2D eigenvalue weighted by Gasteiger charge is 2.37. The normalized spacial score (nSPS) is 15.5. The fourth-order valence-corrected chi connectivity index (χ4v) is 2.27. The predicted octanol–water partition coefficient (Wildman–Crippen LogP) is 2.76. The summed E-state index contributed by atoms with van der Waals surface area (Å²) in [5, 5.41) is 2.84. The van der Waals surface area contributed by atoms with Crippen molar-refractivity contribution in [1.82, 2.24) is 4.98 Å². The first kappa shape index (κ1) is 13.8. The van der Waals surface area contributed by atoms with Gasteiger partial charge < -0.3 is 11.1 Å². The number of benzene rings is 1. The van der Waals surface area contributed by atoms with Gasteiger partial charge in [0.1, 0.15) is 0 Å². The average Bonchev–Trinajstić information content (AvgIpc) is 3.25. The molecule has 0 bridgehead atoms. The second-order valence-corrected chi connectivity index (χ2v) is 5.75. The van der Waals surface area contributed by atoms with Gasteiger partial charge in [0.05, 0.1) is 0 Å². The molecule has 1 aliphatic rings. The van der Waals surface area contributed by atoms with E-state index in [0.29, 0.717) is 5.56 Å². The molecule has 1 saturated carbocycles. The lowest BCUT2D eigenvalue weighted by Crippen LogP contribution is -2.22. The summed E-state index contributed by atoms with van der Waals surface area (Å²) in [7, 11) is 0. The maximum Gasteiger partial charge on any atom is 0.255 e. The molecule has 0 aliphatic heterocycles. The van der Waals surface area contributed by atoms with Crippen molar-refractivity contribution in [3.05, 3.63) is 59.9 Å². The summed E-state index contributed by atoms with van der Waals surface area (Å²) in [6.07, 6.45) is 7.58. The molecule has 1 fully saturated rings. The van der Waals surface area contributed by atoms with Gasteiger partial charge in [-0.15, -0.1) is 0 Å². The number of hydrogen-bond donors (Lipinski definition) is 2. The Morgan fingerprint density at radius 1 is 1.14 bits per heavy atom. The quantitative estimate of drug-likeness (QED) is 0.885. The minimum atomic E-state index is -0.106. The number of nitrogens with one attached hydrogen (secondary N) is 1. The van der Waals surface area contributed by atoms with Crippen molar-refractivity contribution in [3.8, 4) is 0 Å². The Morgan fingerprint density at radius 3 is 2.43 bits per heavy atom. The molecular formula is C17H19N3O. The van der Waals surface area contributed by atoms with Crippen LogP contribution in [0.15, 0.2) is 48.8 Å². The van der Waals surface area contributed by atoms with E-state index in [4.69, 9.17) is 5.73 Å². The molecule has 3 N–H and O–H groups in total. The fraction of sp³-hybridized carbons (Fsp3) is 0.294. The molecule has 21 heavy (non-hydrogen) atoms. The van der Waals surface area contributed by atoms with Gasteiger partial charge in [-0.3, -0.25) is 9.78 Å². The Hall–Kier alpha value is -2.20.